The molecule has 1 N–H and O–H groups in total. The Morgan fingerprint density at radius 2 is 1.87 bits per heavy atom. The molecule has 0 fully saturated rings. The van der Waals surface area contributed by atoms with Crippen LogP contribution in [0.4, 0.5) is 0 Å². The predicted octanol–water partition coefficient (Wildman–Crippen LogP) is 2.71. The number of nitrogens with zero attached hydrogens (tertiary/aromatic N) is 2. The third kappa shape index (κ3) is 3.50. The van der Waals surface area contributed by atoms with Crippen molar-refractivity contribution in [1.82, 2.24) is 9.78 Å². The number of unbranched alkanes of at least 4 members (excludes halogenated alkanes) is 3. The molecular formula is C11H19ClN2O. The summed E-state index contributed by atoms with van der Waals surface area (Å²) in [5.74, 6) is 0. The number of hydrogen-bond donors (Lipinski definition) is 1. The molecule has 0 aliphatic heterocycles. The smallest absolute Gasteiger partial charge is 0.0844 e. The van der Waals surface area contributed by atoms with Crippen LogP contribution in [0.5, 0.6) is 0 Å². The van der Waals surface area contributed by atoms with Gasteiger partial charge >= 0.3 is 0 Å². The highest BCUT2D eigenvalue weighted by Gasteiger charge is 2.07. The van der Waals surface area contributed by atoms with E-state index in [-0.39, 0.29) is 0 Å². The van der Waals surface area contributed by atoms with Crippen molar-refractivity contribution in [1.29, 1.82) is 0 Å². The van der Waals surface area contributed by atoms with Crippen LogP contribution in [0.2, 0.25) is 5.02 Å². The molecule has 0 radical (unpaired) electrons. The second kappa shape index (κ2) is 6.13. The Bertz CT molecular complexity index is 310. The van der Waals surface area contributed by atoms with Crippen LogP contribution in [0.15, 0.2) is 0 Å². The molecule has 1 aromatic heterocycles. The van der Waals surface area contributed by atoms with E-state index in [1.165, 1.54) is 0 Å². The molecule has 0 aromatic carbocycles. The van der Waals surface area contributed by atoms with Crippen LogP contribution >= 0.6 is 11.6 Å². The number of hydrogen-bond acceptors (Lipinski definition) is 2. The van der Waals surface area contributed by atoms with Gasteiger partial charge < -0.3 is 5.11 Å². The second-order valence-electron chi connectivity index (χ2n) is 3.85. The van der Waals surface area contributed by atoms with E-state index >= 15 is 0 Å². The Morgan fingerprint density at radius 3 is 2.40 bits per heavy atom. The average molecular weight is 231 g/mol. The number of halogens is 1. The number of rotatable bonds is 6. The topological polar surface area (TPSA) is 38.0 Å². The quantitative estimate of drug-likeness (QED) is 0.764. The van der Waals surface area contributed by atoms with Gasteiger partial charge in [-0.2, -0.15) is 5.10 Å². The third-order valence-corrected chi connectivity index (χ3v) is 3.12. The lowest BCUT2D eigenvalue weighted by molar-refractivity contribution is 0.282. The lowest BCUT2D eigenvalue weighted by atomic mass is 10.2. The highest BCUT2D eigenvalue weighted by Crippen LogP contribution is 2.19. The van der Waals surface area contributed by atoms with Crippen LogP contribution in [0.3, 0.4) is 0 Å². The molecule has 3 nitrogen and oxygen atoms in total. The molecule has 0 atom stereocenters. The Kier molecular flexibility index (Phi) is 5.12. The van der Waals surface area contributed by atoms with Crippen molar-refractivity contribution in [2.75, 3.05) is 6.61 Å². The maximum atomic E-state index is 8.63. The van der Waals surface area contributed by atoms with Crippen molar-refractivity contribution in [3.63, 3.8) is 0 Å². The SMILES string of the molecule is Cc1nn(CCCCCCO)c(C)c1Cl. The lowest BCUT2D eigenvalue weighted by Crippen LogP contribution is -2.02. The first-order chi connectivity index (χ1) is 7.16. The lowest BCUT2D eigenvalue weighted by Gasteiger charge is -2.03. The van der Waals surface area contributed by atoms with Crippen molar-refractivity contribution in [2.24, 2.45) is 0 Å². The van der Waals surface area contributed by atoms with E-state index in [1.54, 1.807) is 0 Å². The van der Waals surface area contributed by atoms with Gasteiger partial charge in [-0.15, -0.1) is 0 Å². The van der Waals surface area contributed by atoms with Crippen molar-refractivity contribution < 1.29 is 5.11 Å². The van der Waals surface area contributed by atoms with Gasteiger partial charge in [0.05, 0.1) is 16.4 Å². The van der Waals surface area contributed by atoms with E-state index in [0.717, 1.165) is 48.6 Å². The van der Waals surface area contributed by atoms with Gasteiger partial charge in [0.1, 0.15) is 0 Å². The first-order valence-electron chi connectivity index (χ1n) is 5.47. The van der Waals surface area contributed by atoms with Gasteiger partial charge in [0, 0.05) is 13.2 Å². The zero-order chi connectivity index (χ0) is 11.3. The van der Waals surface area contributed by atoms with E-state index in [0.29, 0.717) is 6.61 Å². The highest BCUT2D eigenvalue weighted by molar-refractivity contribution is 6.31. The minimum atomic E-state index is 0.297. The predicted molar refractivity (Wildman–Crippen MR) is 62.3 cm³/mol. The van der Waals surface area contributed by atoms with Crippen LogP contribution in [-0.2, 0) is 6.54 Å². The molecule has 86 valence electrons. The van der Waals surface area contributed by atoms with E-state index in [4.69, 9.17) is 16.7 Å². The van der Waals surface area contributed by atoms with Crippen LogP contribution in [0.1, 0.15) is 37.1 Å². The van der Waals surface area contributed by atoms with Crippen LogP contribution < -0.4 is 0 Å². The maximum absolute atomic E-state index is 8.63. The summed E-state index contributed by atoms with van der Waals surface area (Å²) in [5.41, 5.74) is 1.96. The average Bonchev–Trinajstić information content (AvgIpc) is 2.46. The Labute approximate surface area is 96.1 Å². The summed E-state index contributed by atoms with van der Waals surface area (Å²) in [6, 6.07) is 0. The molecule has 1 heterocycles. The molecule has 0 saturated carbocycles. The van der Waals surface area contributed by atoms with E-state index in [2.05, 4.69) is 5.10 Å². The molecule has 4 heteroatoms. The Morgan fingerprint density at radius 1 is 1.20 bits per heavy atom. The highest BCUT2D eigenvalue weighted by atomic mass is 35.5. The van der Waals surface area contributed by atoms with Gasteiger partial charge in [-0.3, -0.25) is 4.68 Å². The van der Waals surface area contributed by atoms with E-state index in [1.807, 2.05) is 18.5 Å². The molecule has 1 aromatic rings. The zero-order valence-electron chi connectivity index (χ0n) is 9.46. The summed E-state index contributed by atoms with van der Waals surface area (Å²) in [4.78, 5) is 0. The van der Waals surface area contributed by atoms with Crippen LogP contribution in [-0.4, -0.2) is 21.5 Å². The molecule has 0 spiro atoms. The fourth-order valence-corrected chi connectivity index (χ4v) is 1.76. The summed E-state index contributed by atoms with van der Waals surface area (Å²) in [6.07, 6.45) is 4.22. The van der Waals surface area contributed by atoms with Gasteiger partial charge in [0.15, 0.2) is 0 Å². The minimum absolute atomic E-state index is 0.297. The first-order valence-corrected chi connectivity index (χ1v) is 5.85. The molecule has 0 aliphatic carbocycles. The molecular weight excluding hydrogens is 212 g/mol. The summed E-state index contributed by atoms with van der Waals surface area (Å²) in [6.45, 7) is 5.14. The molecule has 0 amide bonds. The Hall–Kier alpha value is -0.540. The van der Waals surface area contributed by atoms with Gasteiger partial charge in [0.2, 0.25) is 0 Å². The molecule has 0 aliphatic rings. The number of aliphatic hydroxyl groups excluding tert-OH is 1. The fraction of sp³-hybridized carbons (Fsp3) is 0.727. The van der Waals surface area contributed by atoms with Crippen molar-refractivity contribution in [2.45, 2.75) is 46.1 Å². The molecule has 0 bridgehead atoms. The maximum Gasteiger partial charge on any atom is 0.0844 e. The largest absolute Gasteiger partial charge is 0.396 e. The summed E-state index contributed by atoms with van der Waals surface area (Å²) >= 11 is 6.04. The number of aromatic nitrogens is 2. The van der Waals surface area contributed by atoms with Gasteiger partial charge in [-0.25, -0.2) is 0 Å². The summed E-state index contributed by atoms with van der Waals surface area (Å²) in [5, 5.41) is 13.8. The van der Waals surface area contributed by atoms with Gasteiger partial charge in [-0.1, -0.05) is 24.4 Å². The standard InChI is InChI=1S/C11H19ClN2O/c1-9-11(12)10(2)14(13-9)7-5-3-4-6-8-15/h15H,3-8H2,1-2H3. The van der Waals surface area contributed by atoms with Gasteiger partial charge in [-0.05, 0) is 26.7 Å². The van der Waals surface area contributed by atoms with Crippen molar-refractivity contribution >= 4 is 11.6 Å². The normalized spacial score (nSPS) is 10.9. The fourth-order valence-electron chi connectivity index (χ4n) is 1.62. The molecule has 1 rings (SSSR count). The number of aliphatic hydroxyl groups is 1. The second-order valence-corrected chi connectivity index (χ2v) is 4.22. The summed E-state index contributed by atoms with van der Waals surface area (Å²) in [7, 11) is 0. The first kappa shape index (κ1) is 12.5. The molecule has 0 saturated heterocycles. The molecule has 0 unspecified atom stereocenters. The summed E-state index contributed by atoms with van der Waals surface area (Å²) < 4.78 is 1.97. The Balaban J connectivity index is 2.34. The third-order valence-electron chi connectivity index (χ3n) is 2.57. The van der Waals surface area contributed by atoms with Crippen LogP contribution in [0.25, 0.3) is 0 Å². The van der Waals surface area contributed by atoms with Gasteiger partial charge in [0.25, 0.3) is 0 Å². The zero-order valence-corrected chi connectivity index (χ0v) is 10.2. The van der Waals surface area contributed by atoms with E-state index in [9.17, 15) is 0 Å². The van der Waals surface area contributed by atoms with Crippen molar-refractivity contribution in [3.8, 4) is 0 Å². The van der Waals surface area contributed by atoms with Crippen LogP contribution in [0, 0.1) is 13.8 Å². The van der Waals surface area contributed by atoms with E-state index < -0.39 is 0 Å². The van der Waals surface area contributed by atoms with Crippen molar-refractivity contribution in [3.05, 3.63) is 16.4 Å². The minimum Gasteiger partial charge on any atom is -0.396 e. The monoisotopic (exact) mass is 230 g/mol. The molecule has 15 heavy (non-hydrogen) atoms. The number of aryl methyl sites for hydroxylation is 2.